The Balaban J connectivity index is 3.12. The smallest absolute Gasteiger partial charge is 0.224 e. The zero-order valence-corrected chi connectivity index (χ0v) is 7.97. The summed E-state index contributed by atoms with van der Waals surface area (Å²) in [5.41, 5.74) is 6.88. The van der Waals surface area contributed by atoms with E-state index >= 15 is 0 Å². The molecular weight excluding hydrogens is 178 g/mol. The van der Waals surface area contributed by atoms with Crippen molar-refractivity contribution >= 4 is 12.1 Å². The second kappa shape index (κ2) is 4.41. The molecule has 1 aromatic carbocycles. The van der Waals surface area contributed by atoms with Gasteiger partial charge in [0.2, 0.25) is 5.91 Å². The van der Waals surface area contributed by atoms with E-state index in [9.17, 15) is 4.79 Å². The van der Waals surface area contributed by atoms with Gasteiger partial charge in [-0.25, -0.2) is 0 Å². The Morgan fingerprint density at radius 2 is 2.14 bits per heavy atom. The number of benzene rings is 1. The minimum absolute atomic E-state index is 0.329. The van der Waals surface area contributed by atoms with Crippen LogP contribution in [0, 0.1) is 0 Å². The number of amides is 1. The molecule has 1 amide bonds. The van der Waals surface area contributed by atoms with Crippen LogP contribution in [0.1, 0.15) is 24.0 Å². The monoisotopic (exact) mass is 191 g/mol. The summed E-state index contributed by atoms with van der Waals surface area (Å²) in [6.07, 6.45) is 1.51. The molecule has 1 aromatic rings. The second-order valence-electron chi connectivity index (χ2n) is 3.03. The van der Waals surface area contributed by atoms with Gasteiger partial charge in [0.05, 0.1) is 12.1 Å². The summed E-state index contributed by atoms with van der Waals surface area (Å²) >= 11 is 0. The maximum absolute atomic E-state index is 11.0. The largest absolute Gasteiger partial charge is 0.369 e. The summed E-state index contributed by atoms with van der Waals surface area (Å²) in [5.74, 6) is 4.37. The van der Waals surface area contributed by atoms with Crippen LogP contribution in [-0.2, 0) is 4.79 Å². The summed E-state index contributed by atoms with van der Waals surface area (Å²) in [5, 5.41) is 3.43. The van der Waals surface area contributed by atoms with Crippen molar-refractivity contribution < 1.29 is 4.79 Å². The number of nitrogens with two attached hydrogens (primary N) is 2. The lowest BCUT2D eigenvalue weighted by atomic mass is 9.96. The van der Waals surface area contributed by atoms with Gasteiger partial charge in [0.1, 0.15) is 0 Å². The zero-order valence-electron chi connectivity index (χ0n) is 7.97. The predicted octanol–water partition coefficient (Wildman–Crippen LogP) is 0.568. The molecule has 74 valence electrons. The molecule has 0 aromatic heterocycles. The van der Waals surface area contributed by atoms with Gasteiger partial charge >= 0.3 is 0 Å². The molecule has 4 nitrogen and oxygen atoms in total. The fourth-order valence-electron chi connectivity index (χ4n) is 1.26. The first-order valence-corrected chi connectivity index (χ1v) is 4.28. The van der Waals surface area contributed by atoms with Crippen LogP contribution < -0.4 is 11.6 Å². The van der Waals surface area contributed by atoms with E-state index in [2.05, 4.69) is 5.10 Å². The normalized spacial score (nSPS) is 12.9. The third-order valence-electron chi connectivity index (χ3n) is 2.10. The van der Waals surface area contributed by atoms with E-state index in [1.807, 2.05) is 24.3 Å². The van der Waals surface area contributed by atoms with Gasteiger partial charge in [-0.05, 0) is 18.1 Å². The van der Waals surface area contributed by atoms with Crippen molar-refractivity contribution in [2.75, 3.05) is 0 Å². The van der Waals surface area contributed by atoms with Gasteiger partial charge < -0.3 is 11.6 Å². The molecular formula is C10H13N3O. The van der Waals surface area contributed by atoms with E-state index < -0.39 is 0 Å². The molecule has 1 unspecified atom stereocenters. The molecule has 0 aliphatic rings. The van der Waals surface area contributed by atoms with E-state index in [1.54, 1.807) is 6.92 Å². The van der Waals surface area contributed by atoms with E-state index in [0.717, 1.165) is 11.1 Å². The predicted molar refractivity (Wildman–Crippen MR) is 55.8 cm³/mol. The first kappa shape index (κ1) is 10.2. The second-order valence-corrected chi connectivity index (χ2v) is 3.03. The molecule has 0 saturated carbocycles. The summed E-state index contributed by atoms with van der Waals surface area (Å²) in [4.78, 5) is 11.0. The lowest BCUT2D eigenvalue weighted by Gasteiger charge is -2.10. The van der Waals surface area contributed by atoms with E-state index in [4.69, 9.17) is 11.6 Å². The average molecular weight is 191 g/mol. The lowest BCUT2D eigenvalue weighted by Crippen LogP contribution is -2.19. The Morgan fingerprint density at radius 1 is 1.50 bits per heavy atom. The van der Waals surface area contributed by atoms with Gasteiger partial charge in [-0.15, -0.1) is 0 Å². The summed E-state index contributed by atoms with van der Waals surface area (Å²) < 4.78 is 0. The minimum Gasteiger partial charge on any atom is -0.369 e. The highest BCUT2D eigenvalue weighted by Crippen LogP contribution is 2.17. The molecule has 0 aliphatic carbocycles. The van der Waals surface area contributed by atoms with Crippen LogP contribution in [-0.4, -0.2) is 12.1 Å². The molecule has 1 atom stereocenters. The summed E-state index contributed by atoms with van der Waals surface area (Å²) in [7, 11) is 0. The Kier molecular flexibility index (Phi) is 3.23. The molecule has 4 heteroatoms. The van der Waals surface area contributed by atoms with Crippen LogP contribution in [0.2, 0.25) is 0 Å². The van der Waals surface area contributed by atoms with Gasteiger partial charge in [0.25, 0.3) is 0 Å². The van der Waals surface area contributed by atoms with Crippen LogP contribution in [0.25, 0.3) is 0 Å². The standard InChI is InChI=1S/C10H13N3O/c1-7(10(11)14)9-5-3-2-4-8(9)6-13-12/h2-7H,12H2,1H3,(H2,11,14). The summed E-state index contributed by atoms with van der Waals surface area (Å²) in [6.45, 7) is 1.76. The van der Waals surface area contributed by atoms with Crippen molar-refractivity contribution in [3.05, 3.63) is 35.4 Å². The van der Waals surface area contributed by atoms with Crippen LogP contribution in [0.15, 0.2) is 29.4 Å². The van der Waals surface area contributed by atoms with Gasteiger partial charge in [-0.2, -0.15) is 5.10 Å². The first-order valence-electron chi connectivity index (χ1n) is 4.28. The fraction of sp³-hybridized carbons (Fsp3) is 0.200. The van der Waals surface area contributed by atoms with Crippen LogP contribution in [0.3, 0.4) is 0 Å². The quantitative estimate of drug-likeness (QED) is 0.416. The number of carbonyl (C=O) groups excluding carboxylic acids is 1. The number of rotatable bonds is 3. The van der Waals surface area contributed by atoms with Crippen LogP contribution >= 0.6 is 0 Å². The maximum Gasteiger partial charge on any atom is 0.224 e. The first-order chi connectivity index (χ1) is 6.66. The molecule has 0 spiro atoms. The number of hydrogen-bond donors (Lipinski definition) is 2. The SMILES string of the molecule is CC(C(N)=O)c1ccccc1C=NN. The minimum atomic E-state index is -0.358. The molecule has 0 bridgehead atoms. The third kappa shape index (κ3) is 2.10. The lowest BCUT2D eigenvalue weighted by molar-refractivity contribution is -0.119. The number of nitrogens with zero attached hydrogens (tertiary/aromatic N) is 1. The highest BCUT2D eigenvalue weighted by molar-refractivity contribution is 5.88. The van der Waals surface area contributed by atoms with Crippen molar-refractivity contribution in [1.29, 1.82) is 0 Å². The van der Waals surface area contributed by atoms with Gasteiger partial charge in [-0.3, -0.25) is 4.79 Å². The molecule has 0 aliphatic heterocycles. The van der Waals surface area contributed by atoms with Crippen LogP contribution in [0.4, 0.5) is 0 Å². The topological polar surface area (TPSA) is 81.5 Å². The zero-order chi connectivity index (χ0) is 10.6. The Bertz CT molecular complexity index is 360. The maximum atomic E-state index is 11.0. The van der Waals surface area contributed by atoms with Gasteiger partial charge in [0, 0.05) is 0 Å². The number of hydrogen-bond acceptors (Lipinski definition) is 3. The highest BCUT2D eigenvalue weighted by Gasteiger charge is 2.13. The van der Waals surface area contributed by atoms with Crippen molar-refractivity contribution in [2.45, 2.75) is 12.8 Å². The van der Waals surface area contributed by atoms with E-state index in [0.29, 0.717) is 0 Å². The molecule has 0 heterocycles. The molecule has 0 radical (unpaired) electrons. The fourth-order valence-corrected chi connectivity index (χ4v) is 1.26. The molecule has 0 fully saturated rings. The van der Waals surface area contributed by atoms with Crippen molar-refractivity contribution in [2.24, 2.45) is 16.7 Å². The number of carbonyl (C=O) groups is 1. The highest BCUT2D eigenvalue weighted by atomic mass is 16.1. The Hall–Kier alpha value is -1.84. The molecule has 0 saturated heterocycles. The van der Waals surface area contributed by atoms with Gasteiger partial charge in [0.15, 0.2) is 0 Å². The van der Waals surface area contributed by atoms with E-state index in [-0.39, 0.29) is 11.8 Å². The molecule has 1 rings (SSSR count). The third-order valence-corrected chi connectivity index (χ3v) is 2.10. The van der Waals surface area contributed by atoms with Crippen LogP contribution in [0.5, 0.6) is 0 Å². The van der Waals surface area contributed by atoms with Crippen molar-refractivity contribution in [3.8, 4) is 0 Å². The van der Waals surface area contributed by atoms with Crippen molar-refractivity contribution in [3.63, 3.8) is 0 Å². The van der Waals surface area contributed by atoms with Gasteiger partial charge in [-0.1, -0.05) is 24.3 Å². The number of primary amides is 1. The number of hydrazone groups is 1. The Morgan fingerprint density at radius 3 is 2.71 bits per heavy atom. The molecule has 14 heavy (non-hydrogen) atoms. The van der Waals surface area contributed by atoms with E-state index in [1.165, 1.54) is 6.21 Å². The molecule has 4 N–H and O–H groups in total. The Labute approximate surface area is 82.6 Å². The average Bonchev–Trinajstić information content (AvgIpc) is 2.18. The van der Waals surface area contributed by atoms with Crippen molar-refractivity contribution in [1.82, 2.24) is 0 Å². The summed E-state index contributed by atoms with van der Waals surface area (Å²) in [6, 6.07) is 7.38.